The summed E-state index contributed by atoms with van der Waals surface area (Å²) >= 11 is 0. The van der Waals surface area contributed by atoms with Crippen molar-refractivity contribution >= 4 is 28.8 Å². The highest BCUT2D eigenvalue weighted by Gasteiger charge is 2.14. The SMILES string of the molecule is C=N.NCc1ccc(-c2ccc3ccccc3c2C(/C=C(\N)c2ccccc2)=C/Cc2ccccc2)cc1.c1ccc(Cc2ccccc2)cc1. The zero-order valence-electron chi connectivity index (χ0n) is 29.0. The quantitative estimate of drug-likeness (QED) is 0.106. The number of nitrogens with two attached hydrogens (primary N) is 2. The van der Waals surface area contributed by atoms with Crippen molar-refractivity contribution in [2.45, 2.75) is 19.4 Å². The lowest BCUT2D eigenvalue weighted by atomic mass is 9.88. The third kappa shape index (κ3) is 10.1. The molecule has 0 atom stereocenters. The van der Waals surface area contributed by atoms with Crippen molar-refractivity contribution < 1.29 is 0 Å². The molecule has 0 saturated carbocycles. The Morgan fingerprint density at radius 1 is 0.529 bits per heavy atom. The van der Waals surface area contributed by atoms with E-state index in [4.69, 9.17) is 16.9 Å². The maximum Gasteiger partial charge on any atom is 0.0393 e. The Bertz CT molecular complexity index is 2100. The minimum Gasteiger partial charge on any atom is -0.398 e. The van der Waals surface area contributed by atoms with Gasteiger partial charge in [-0.05, 0) is 86.5 Å². The molecule has 0 aliphatic rings. The first-order valence-corrected chi connectivity index (χ1v) is 17.2. The Hall–Kier alpha value is -6.29. The van der Waals surface area contributed by atoms with Crippen molar-refractivity contribution in [2.75, 3.05) is 0 Å². The van der Waals surface area contributed by atoms with Crippen LogP contribution in [0.5, 0.6) is 0 Å². The van der Waals surface area contributed by atoms with E-state index in [1.807, 2.05) is 18.2 Å². The molecule has 3 nitrogen and oxygen atoms in total. The van der Waals surface area contributed by atoms with Crippen LogP contribution in [-0.2, 0) is 19.4 Å². The summed E-state index contributed by atoms with van der Waals surface area (Å²) < 4.78 is 0. The smallest absolute Gasteiger partial charge is 0.0393 e. The summed E-state index contributed by atoms with van der Waals surface area (Å²) in [5, 5.41) is 7.90. The van der Waals surface area contributed by atoms with Crippen LogP contribution in [0.4, 0.5) is 0 Å². The van der Waals surface area contributed by atoms with Gasteiger partial charge < -0.3 is 16.9 Å². The monoisotopic (exact) mass is 663 g/mol. The number of hydrogen-bond donors (Lipinski definition) is 3. The van der Waals surface area contributed by atoms with Gasteiger partial charge in [-0.3, -0.25) is 0 Å². The van der Waals surface area contributed by atoms with Crippen molar-refractivity contribution in [3.8, 4) is 11.1 Å². The summed E-state index contributed by atoms with van der Waals surface area (Å²) in [6.45, 7) is 3.03. The number of allylic oxidation sites excluding steroid dienone is 3. The van der Waals surface area contributed by atoms with E-state index in [1.165, 1.54) is 38.6 Å². The lowest BCUT2D eigenvalue weighted by molar-refractivity contribution is 1.07. The third-order valence-electron chi connectivity index (χ3n) is 8.63. The van der Waals surface area contributed by atoms with Gasteiger partial charge in [0.1, 0.15) is 0 Å². The predicted octanol–water partition coefficient (Wildman–Crippen LogP) is 11.1. The molecule has 252 valence electrons. The number of benzene rings is 7. The van der Waals surface area contributed by atoms with E-state index in [9.17, 15) is 0 Å². The molecule has 0 aliphatic heterocycles. The summed E-state index contributed by atoms with van der Waals surface area (Å²) in [5.41, 5.74) is 24.0. The molecule has 0 fully saturated rings. The Kier molecular flexibility index (Phi) is 13.4. The van der Waals surface area contributed by atoms with Crippen molar-refractivity contribution in [1.29, 1.82) is 5.41 Å². The average Bonchev–Trinajstić information content (AvgIpc) is 3.21. The molecule has 0 heterocycles. The van der Waals surface area contributed by atoms with E-state index in [-0.39, 0.29) is 0 Å². The summed E-state index contributed by atoms with van der Waals surface area (Å²) in [5.74, 6) is 0. The van der Waals surface area contributed by atoms with Crippen LogP contribution in [0.1, 0.15) is 33.4 Å². The molecule has 7 aromatic carbocycles. The molecule has 0 amide bonds. The van der Waals surface area contributed by atoms with Crippen LogP contribution in [-0.4, -0.2) is 6.72 Å². The van der Waals surface area contributed by atoms with Crippen LogP contribution < -0.4 is 11.5 Å². The van der Waals surface area contributed by atoms with Gasteiger partial charge in [-0.1, -0.05) is 188 Å². The Morgan fingerprint density at radius 3 is 1.61 bits per heavy atom. The van der Waals surface area contributed by atoms with Gasteiger partial charge in [0.25, 0.3) is 0 Å². The van der Waals surface area contributed by atoms with E-state index in [0.29, 0.717) is 6.54 Å². The molecule has 0 spiro atoms. The highest BCUT2D eigenvalue weighted by molar-refractivity contribution is 6.03. The lowest BCUT2D eigenvalue weighted by Crippen LogP contribution is -1.99. The highest BCUT2D eigenvalue weighted by Crippen LogP contribution is 2.37. The molecule has 0 unspecified atom stereocenters. The summed E-state index contributed by atoms with van der Waals surface area (Å²) in [4.78, 5) is 0. The Labute approximate surface area is 302 Å². The topological polar surface area (TPSA) is 75.9 Å². The minimum atomic E-state index is 0.531. The largest absolute Gasteiger partial charge is 0.398 e. The molecule has 51 heavy (non-hydrogen) atoms. The second-order valence-electron chi connectivity index (χ2n) is 12.1. The second kappa shape index (κ2) is 19.0. The number of hydrogen-bond acceptors (Lipinski definition) is 3. The zero-order chi connectivity index (χ0) is 35.7. The van der Waals surface area contributed by atoms with Gasteiger partial charge >= 0.3 is 0 Å². The van der Waals surface area contributed by atoms with Gasteiger partial charge in [0, 0.05) is 12.2 Å². The van der Waals surface area contributed by atoms with Crippen molar-refractivity contribution in [1.82, 2.24) is 0 Å². The van der Waals surface area contributed by atoms with Crippen LogP contribution in [0.2, 0.25) is 0 Å². The predicted molar refractivity (Wildman–Crippen MR) is 220 cm³/mol. The van der Waals surface area contributed by atoms with Crippen molar-refractivity contribution in [3.63, 3.8) is 0 Å². The molecule has 7 aromatic rings. The number of nitrogens with one attached hydrogen (secondary N) is 1. The van der Waals surface area contributed by atoms with E-state index in [2.05, 4.69) is 183 Å². The van der Waals surface area contributed by atoms with Gasteiger partial charge in [-0.2, -0.15) is 0 Å². The van der Waals surface area contributed by atoms with Crippen LogP contribution in [0.3, 0.4) is 0 Å². The fourth-order valence-corrected chi connectivity index (χ4v) is 6.03. The van der Waals surface area contributed by atoms with E-state index in [1.54, 1.807) is 0 Å². The molecule has 7 rings (SSSR count). The molecule has 0 bridgehead atoms. The van der Waals surface area contributed by atoms with Crippen LogP contribution in [0.15, 0.2) is 194 Å². The van der Waals surface area contributed by atoms with E-state index in [0.717, 1.165) is 40.8 Å². The molecular weight excluding hydrogens is 619 g/mol. The number of fused-ring (bicyclic) bond motifs is 1. The summed E-state index contributed by atoms with van der Waals surface area (Å²) in [7, 11) is 0. The Balaban J connectivity index is 0.000000280. The first-order valence-electron chi connectivity index (χ1n) is 17.2. The fourth-order valence-electron chi connectivity index (χ4n) is 6.03. The Morgan fingerprint density at radius 2 is 1.04 bits per heavy atom. The third-order valence-corrected chi connectivity index (χ3v) is 8.63. The lowest BCUT2D eigenvalue weighted by Gasteiger charge is -2.17. The maximum atomic E-state index is 6.68. The standard InChI is InChI=1S/C34H30N2.C13H12.CH3N/c35-24-26-16-18-28(19-17-26)32-22-21-27-11-7-8-14-31(27)34(32)30(20-15-25-9-3-1-4-10-25)23-33(36)29-12-5-2-6-13-29;1-3-7-12(8-4-1)11-13-9-5-2-6-10-13;1-2/h1-14,16-23H,15,24,35-36H2;1-10H,11H2;2H,1H2/b30-20+,33-23-;;. The second-order valence-corrected chi connectivity index (χ2v) is 12.1. The highest BCUT2D eigenvalue weighted by atomic mass is 14.6. The molecule has 5 N–H and O–H groups in total. The first kappa shape index (κ1) is 36.0. The number of rotatable bonds is 9. The molecule has 0 aromatic heterocycles. The van der Waals surface area contributed by atoms with E-state index < -0.39 is 0 Å². The summed E-state index contributed by atoms with van der Waals surface area (Å²) in [6.07, 6.45) is 6.26. The van der Waals surface area contributed by atoms with Crippen LogP contribution >= 0.6 is 0 Å². The normalized spacial score (nSPS) is 11.2. The van der Waals surface area contributed by atoms with Crippen molar-refractivity contribution in [3.05, 3.63) is 228 Å². The van der Waals surface area contributed by atoms with Crippen LogP contribution in [0.25, 0.3) is 33.2 Å². The van der Waals surface area contributed by atoms with Gasteiger partial charge in [0.15, 0.2) is 0 Å². The first-order chi connectivity index (χ1) is 25.2. The summed E-state index contributed by atoms with van der Waals surface area (Å²) in [6, 6.07) is 63.3. The molecule has 0 radical (unpaired) electrons. The van der Waals surface area contributed by atoms with Gasteiger partial charge in [-0.25, -0.2) is 0 Å². The molecule has 0 saturated heterocycles. The molecule has 3 heteroatoms. The maximum absolute atomic E-state index is 6.68. The van der Waals surface area contributed by atoms with E-state index >= 15 is 0 Å². The fraction of sp³-hybridized carbons (Fsp3) is 0.0625. The van der Waals surface area contributed by atoms with Gasteiger partial charge in [0.2, 0.25) is 0 Å². The minimum absolute atomic E-state index is 0.531. The molecule has 0 aliphatic carbocycles. The molecular formula is C48H45N3. The average molecular weight is 664 g/mol. The van der Waals surface area contributed by atoms with Gasteiger partial charge in [0.05, 0.1) is 0 Å². The zero-order valence-corrected chi connectivity index (χ0v) is 29.0. The van der Waals surface area contributed by atoms with Crippen LogP contribution in [0, 0.1) is 5.41 Å². The van der Waals surface area contributed by atoms with Gasteiger partial charge in [-0.15, -0.1) is 0 Å². The van der Waals surface area contributed by atoms with Crippen molar-refractivity contribution in [2.24, 2.45) is 11.5 Å².